The van der Waals surface area contributed by atoms with E-state index in [2.05, 4.69) is 17.2 Å². The molecular weight excluding hydrogens is 516 g/mol. The average Bonchev–Trinajstić information content (AvgIpc) is 2.95. The largest absolute Gasteiger partial charge is 0.445 e. The van der Waals surface area contributed by atoms with Crippen molar-refractivity contribution in [1.29, 1.82) is 0 Å². The van der Waals surface area contributed by atoms with Gasteiger partial charge >= 0.3 is 6.09 Å². The van der Waals surface area contributed by atoms with Crippen molar-refractivity contribution in [3.63, 3.8) is 0 Å². The van der Waals surface area contributed by atoms with Gasteiger partial charge in [-0.2, -0.15) is 0 Å². The van der Waals surface area contributed by atoms with Gasteiger partial charge in [0.25, 0.3) is 0 Å². The van der Waals surface area contributed by atoms with Crippen LogP contribution in [-0.2, 0) is 25.6 Å². The van der Waals surface area contributed by atoms with E-state index >= 15 is 0 Å². The second-order valence-corrected chi connectivity index (χ2v) is 10.1. The standard InChI is InChI=1S/C30H32N2O6S/c1-3-15-36-30(35)32-25-6-4-5-23(16-25)29-37-26(17-28(38-29)22-9-7-21(18-33)8-10-22)19-39-27-13-11-24(12-14-27)31-20(2)34/h3-14,16,26,28-29,33H,1,15,17-19H2,2H3,(H,31,34)(H,32,35). The van der Waals surface area contributed by atoms with E-state index in [4.69, 9.17) is 14.2 Å². The van der Waals surface area contributed by atoms with Crippen LogP contribution in [0.3, 0.4) is 0 Å². The lowest BCUT2D eigenvalue weighted by Gasteiger charge is -2.36. The maximum Gasteiger partial charge on any atom is 0.411 e. The van der Waals surface area contributed by atoms with Crippen molar-refractivity contribution in [1.82, 2.24) is 0 Å². The molecule has 1 fully saturated rings. The minimum atomic E-state index is -0.653. The Hall–Kier alpha value is -3.63. The molecule has 1 heterocycles. The van der Waals surface area contributed by atoms with Crippen LogP contribution in [-0.4, -0.2) is 35.6 Å². The normalized spacial score (nSPS) is 18.7. The molecule has 0 spiro atoms. The fourth-order valence-electron chi connectivity index (χ4n) is 4.10. The van der Waals surface area contributed by atoms with E-state index in [0.717, 1.165) is 27.3 Å². The molecule has 39 heavy (non-hydrogen) atoms. The van der Waals surface area contributed by atoms with Gasteiger partial charge in [-0.15, -0.1) is 11.8 Å². The van der Waals surface area contributed by atoms with Crippen LogP contribution in [0.15, 0.2) is 90.3 Å². The molecule has 2 amide bonds. The molecule has 1 aliphatic rings. The van der Waals surface area contributed by atoms with E-state index < -0.39 is 12.4 Å². The Morgan fingerprint density at radius 2 is 1.79 bits per heavy atom. The zero-order valence-corrected chi connectivity index (χ0v) is 22.5. The molecule has 3 unspecified atom stereocenters. The summed E-state index contributed by atoms with van der Waals surface area (Å²) in [6.45, 7) is 5.12. The summed E-state index contributed by atoms with van der Waals surface area (Å²) in [6.07, 6.45) is 0.581. The first-order chi connectivity index (χ1) is 18.9. The number of nitrogens with one attached hydrogen (secondary N) is 2. The van der Waals surface area contributed by atoms with Gasteiger partial charge in [-0.25, -0.2) is 4.79 Å². The van der Waals surface area contributed by atoms with Crippen LogP contribution in [0.5, 0.6) is 0 Å². The van der Waals surface area contributed by atoms with Crippen LogP contribution < -0.4 is 10.6 Å². The maximum absolute atomic E-state index is 12.0. The van der Waals surface area contributed by atoms with E-state index in [1.807, 2.05) is 66.7 Å². The number of ether oxygens (including phenoxy) is 3. The average molecular weight is 549 g/mol. The molecule has 9 heteroatoms. The minimum Gasteiger partial charge on any atom is -0.445 e. The number of carbonyl (C=O) groups is 2. The molecule has 3 N–H and O–H groups in total. The minimum absolute atomic E-state index is 0.0213. The van der Waals surface area contributed by atoms with Crippen molar-refractivity contribution >= 4 is 35.1 Å². The van der Waals surface area contributed by atoms with Gasteiger partial charge in [-0.05, 0) is 47.5 Å². The van der Waals surface area contributed by atoms with Gasteiger partial charge in [0.2, 0.25) is 5.91 Å². The molecule has 3 aromatic carbocycles. The van der Waals surface area contributed by atoms with Gasteiger partial charge in [0.1, 0.15) is 6.61 Å². The number of hydrogen-bond donors (Lipinski definition) is 3. The molecule has 1 saturated heterocycles. The Balaban J connectivity index is 1.49. The van der Waals surface area contributed by atoms with Crippen molar-refractivity contribution in [3.8, 4) is 0 Å². The van der Waals surface area contributed by atoms with E-state index in [0.29, 0.717) is 17.9 Å². The van der Waals surface area contributed by atoms with Gasteiger partial charge < -0.3 is 24.6 Å². The highest BCUT2D eigenvalue weighted by Gasteiger charge is 2.32. The predicted octanol–water partition coefficient (Wildman–Crippen LogP) is 6.21. The van der Waals surface area contributed by atoms with Gasteiger partial charge in [0.05, 0.1) is 18.8 Å². The summed E-state index contributed by atoms with van der Waals surface area (Å²) >= 11 is 1.67. The van der Waals surface area contributed by atoms with Crippen molar-refractivity contribution in [2.24, 2.45) is 0 Å². The second kappa shape index (κ2) is 14.0. The number of amides is 2. The third-order valence-corrected chi connectivity index (χ3v) is 7.11. The Morgan fingerprint density at radius 1 is 1.03 bits per heavy atom. The molecule has 0 aromatic heterocycles. The van der Waals surface area contributed by atoms with Crippen LogP contribution >= 0.6 is 11.8 Å². The van der Waals surface area contributed by atoms with Gasteiger partial charge in [-0.3, -0.25) is 10.1 Å². The van der Waals surface area contributed by atoms with E-state index in [-0.39, 0.29) is 31.3 Å². The summed E-state index contributed by atoms with van der Waals surface area (Å²) in [4.78, 5) is 24.4. The monoisotopic (exact) mass is 548 g/mol. The van der Waals surface area contributed by atoms with Crippen LogP contribution in [0.25, 0.3) is 0 Å². The number of aliphatic hydroxyl groups is 1. The third kappa shape index (κ3) is 8.43. The maximum atomic E-state index is 12.0. The van der Waals surface area contributed by atoms with Crippen LogP contribution in [0.1, 0.15) is 42.4 Å². The zero-order valence-electron chi connectivity index (χ0n) is 21.7. The van der Waals surface area contributed by atoms with Crippen LogP contribution in [0.4, 0.5) is 16.2 Å². The first-order valence-corrected chi connectivity index (χ1v) is 13.6. The number of hydrogen-bond acceptors (Lipinski definition) is 7. The van der Waals surface area contributed by atoms with E-state index in [1.165, 1.54) is 13.0 Å². The molecule has 3 aromatic rings. The van der Waals surface area contributed by atoms with E-state index in [1.54, 1.807) is 17.8 Å². The lowest BCUT2D eigenvalue weighted by molar-refractivity contribution is -0.245. The lowest BCUT2D eigenvalue weighted by atomic mass is 10.0. The fourth-order valence-corrected chi connectivity index (χ4v) is 5.02. The molecule has 4 rings (SSSR count). The van der Waals surface area contributed by atoms with Gasteiger partial charge in [0, 0.05) is 40.9 Å². The number of anilines is 2. The SMILES string of the molecule is C=CCOC(=O)Nc1cccc(C2OC(CSc3ccc(NC(C)=O)cc3)CC(c3ccc(CO)cc3)O2)c1. The molecule has 0 aliphatic carbocycles. The molecule has 0 saturated carbocycles. The number of benzene rings is 3. The van der Waals surface area contributed by atoms with Crippen molar-refractivity contribution in [2.45, 2.75) is 43.3 Å². The quantitative estimate of drug-likeness (QED) is 0.204. The molecule has 1 aliphatic heterocycles. The molecule has 3 atom stereocenters. The number of aliphatic hydroxyl groups excluding tert-OH is 1. The van der Waals surface area contributed by atoms with Crippen LogP contribution in [0, 0.1) is 0 Å². The smallest absolute Gasteiger partial charge is 0.411 e. The highest BCUT2D eigenvalue weighted by atomic mass is 32.2. The topological polar surface area (TPSA) is 106 Å². The van der Waals surface area contributed by atoms with Crippen LogP contribution in [0.2, 0.25) is 0 Å². The fraction of sp³-hybridized carbons (Fsp3) is 0.267. The summed E-state index contributed by atoms with van der Waals surface area (Å²) in [7, 11) is 0. The highest BCUT2D eigenvalue weighted by molar-refractivity contribution is 7.99. The molecule has 204 valence electrons. The zero-order chi connectivity index (χ0) is 27.6. The summed E-state index contributed by atoms with van der Waals surface area (Å²) in [5.41, 5.74) is 3.91. The molecule has 0 radical (unpaired) electrons. The summed E-state index contributed by atoms with van der Waals surface area (Å²) in [5.74, 6) is 0.583. The van der Waals surface area contributed by atoms with E-state index in [9.17, 15) is 14.7 Å². The number of rotatable bonds is 10. The Morgan fingerprint density at radius 3 is 2.49 bits per heavy atom. The molecular formula is C30H32N2O6S. The summed E-state index contributed by atoms with van der Waals surface area (Å²) < 4.78 is 17.8. The number of carbonyl (C=O) groups excluding carboxylic acids is 2. The Labute approximate surface area is 232 Å². The number of thioether (sulfide) groups is 1. The first kappa shape index (κ1) is 28.4. The Kier molecular flexibility index (Phi) is 10.2. The van der Waals surface area contributed by atoms with Gasteiger partial charge in [-0.1, -0.05) is 49.1 Å². The van der Waals surface area contributed by atoms with Crippen molar-refractivity contribution < 1.29 is 28.9 Å². The predicted molar refractivity (Wildman–Crippen MR) is 152 cm³/mol. The van der Waals surface area contributed by atoms with Crippen molar-refractivity contribution in [2.75, 3.05) is 23.0 Å². The van der Waals surface area contributed by atoms with Gasteiger partial charge in [0.15, 0.2) is 6.29 Å². The Bertz CT molecular complexity index is 1270. The highest BCUT2D eigenvalue weighted by Crippen LogP contribution is 2.40. The van der Waals surface area contributed by atoms with Crippen molar-refractivity contribution in [3.05, 3.63) is 102 Å². The third-order valence-electron chi connectivity index (χ3n) is 5.96. The molecule has 8 nitrogen and oxygen atoms in total. The summed E-state index contributed by atoms with van der Waals surface area (Å²) in [6, 6.07) is 22.7. The summed E-state index contributed by atoms with van der Waals surface area (Å²) in [5, 5.41) is 14.9. The first-order valence-electron chi connectivity index (χ1n) is 12.6. The second-order valence-electron chi connectivity index (χ2n) is 9.00. The molecule has 0 bridgehead atoms. The lowest BCUT2D eigenvalue weighted by Crippen LogP contribution is -2.31.